The van der Waals surface area contributed by atoms with E-state index in [1.54, 1.807) is 20.1 Å². The first-order valence-corrected chi connectivity index (χ1v) is 22.3. The molecule has 0 bridgehead atoms. The molecule has 0 radical (unpaired) electrons. The second-order valence-electron chi connectivity index (χ2n) is 14.5. The number of benzene rings is 1. The van der Waals surface area contributed by atoms with Crippen molar-refractivity contribution in [3.63, 3.8) is 0 Å². The van der Waals surface area contributed by atoms with Crippen molar-refractivity contribution in [3.8, 4) is 20.2 Å². The summed E-state index contributed by atoms with van der Waals surface area (Å²) in [6.45, 7) is 22.4. The molecule has 0 amide bonds. The quantitative estimate of drug-likeness (QED) is 0.0916. The molecule has 0 saturated carbocycles. The molecule has 47 heavy (non-hydrogen) atoms. The first-order valence-electron chi connectivity index (χ1n) is 18.2. The SMILES string of the molecule is CCCCC(CC)C[Si]1(CC(CC)CCCC)c2cc(C)sc2-c2sc(-c3c4nc(C)c(C)nc4c(C)c4nc(C)c(C)nc34)cc21. The summed E-state index contributed by atoms with van der Waals surface area (Å²) in [6.07, 6.45) is 10.5. The standard InChI is InChI=1S/C40H54N4S2Si/c1-11-15-17-29(13-3)21-47(22-30(14-4)18-16-12-2)32-19-23(5)45-39(32)40-33(47)20-31(46-40)34-37-35(41-25(7)27(9)43-37)24(6)36-38(34)44-28(10)26(8)42-36/h19-20,29-30H,11-18,21-22H2,1-10H3. The van der Waals surface area contributed by atoms with Gasteiger partial charge in [0.2, 0.25) is 0 Å². The summed E-state index contributed by atoms with van der Waals surface area (Å²) in [7, 11) is -2.07. The molecule has 5 heterocycles. The van der Waals surface area contributed by atoms with Gasteiger partial charge >= 0.3 is 0 Å². The minimum atomic E-state index is -2.07. The predicted octanol–water partition coefficient (Wildman–Crippen LogP) is 11.2. The molecule has 250 valence electrons. The number of hydrogen-bond acceptors (Lipinski definition) is 6. The number of nitrogens with zero attached hydrogens (tertiary/aromatic N) is 4. The third-order valence-electron chi connectivity index (χ3n) is 11.2. The van der Waals surface area contributed by atoms with Crippen LogP contribution >= 0.6 is 22.7 Å². The van der Waals surface area contributed by atoms with Gasteiger partial charge in [0.1, 0.15) is 19.1 Å². The Morgan fingerprint density at radius 2 is 1.04 bits per heavy atom. The number of aromatic nitrogens is 4. The molecule has 7 heteroatoms. The van der Waals surface area contributed by atoms with Crippen LogP contribution in [0.1, 0.15) is 112 Å². The molecule has 1 aliphatic rings. The van der Waals surface area contributed by atoms with E-state index in [1.807, 2.05) is 22.7 Å². The molecule has 5 aromatic rings. The monoisotopic (exact) mass is 682 g/mol. The lowest BCUT2D eigenvalue weighted by Crippen LogP contribution is -2.56. The number of unbranched alkanes of at least 4 members (excludes halogenated alkanes) is 2. The Kier molecular flexibility index (Phi) is 10.1. The zero-order valence-electron chi connectivity index (χ0n) is 30.5. The van der Waals surface area contributed by atoms with Gasteiger partial charge in [0.05, 0.1) is 33.8 Å². The van der Waals surface area contributed by atoms with Crippen molar-refractivity contribution in [3.05, 3.63) is 45.3 Å². The van der Waals surface area contributed by atoms with Crippen molar-refractivity contribution in [2.24, 2.45) is 11.8 Å². The predicted molar refractivity (Wildman–Crippen MR) is 209 cm³/mol. The van der Waals surface area contributed by atoms with Crippen molar-refractivity contribution >= 4 is 63.2 Å². The highest BCUT2D eigenvalue weighted by molar-refractivity contribution is 7.30. The fourth-order valence-electron chi connectivity index (χ4n) is 8.15. The van der Waals surface area contributed by atoms with Crippen LogP contribution in [0.4, 0.5) is 0 Å². The Morgan fingerprint density at radius 3 is 1.51 bits per heavy atom. The third kappa shape index (κ3) is 6.03. The van der Waals surface area contributed by atoms with Crippen LogP contribution in [0.2, 0.25) is 12.1 Å². The van der Waals surface area contributed by atoms with Crippen LogP contribution in [-0.2, 0) is 0 Å². The van der Waals surface area contributed by atoms with Crippen molar-refractivity contribution in [2.75, 3.05) is 0 Å². The second-order valence-corrected chi connectivity index (χ2v) is 20.8. The Labute approximate surface area is 291 Å². The van der Waals surface area contributed by atoms with Crippen molar-refractivity contribution < 1.29 is 0 Å². The topological polar surface area (TPSA) is 51.6 Å². The zero-order chi connectivity index (χ0) is 33.6. The highest BCUT2D eigenvalue weighted by Gasteiger charge is 2.49. The molecule has 0 N–H and O–H groups in total. The van der Waals surface area contributed by atoms with Crippen molar-refractivity contribution in [1.29, 1.82) is 0 Å². The Bertz CT molecular complexity index is 1850. The van der Waals surface area contributed by atoms with Gasteiger partial charge < -0.3 is 0 Å². The van der Waals surface area contributed by atoms with Gasteiger partial charge in [-0.1, -0.05) is 79.1 Å². The number of aryl methyl sites for hydroxylation is 6. The number of thiophene rings is 2. The molecule has 1 aliphatic heterocycles. The average Bonchev–Trinajstić information content (AvgIpc) is 3.72. The van der Waals surface area contributed by atoms with Gasteiger partial charge in [-0.2, -0.15) is 0 Å². The van der Waals surface area contributed by atoms with Crippen LogP contribution < -0.4 is 10.4 Å². The smallest absolute Gasteiger partial charge is 0.122 e. The lowest BCUT2D eigenvalue weighted by molar-refractivity contribution is 0.469. The van der Waals surface area contributed by atoms with Gasteiger partial charge in [0.25, 0.3) is 0 Å². The summed E-state index contributed by atoms with van der Waals surface area (Å²) in [5.41, 5.74) is 10.1. The highest BCUT2D eigenvalue weighted by atomic mass is 32.1. The molecule has 2 atom stereocenters. The molecule has 4 nitrogen and oxygen atoms in total. The van der Waals surface area contributed by atoms with Gasteiger partial charge in [-0.3, -0.25) is 0 Å². The summed E-state index contributed by atoms with van der Waals surface area (Å²) in [5, 5.41) is 3.47. The Morgan fingerprint density at radius 1 is 0.596 bits per heavy atom. The lowest BCUT2D eigenvalue weighted by Gasteiger charge is -2.35. The summed E-state index contributed by atoms with van der Waals surface area (Å²) in [5.74, 6) is 1.56. The molecule has 1 aromatic carbocycles. The van der Waals surface area contributed by atoms with E-state index >= 15 is 0 Å². The number of rotatable bonds is 13. The van der Waals surface area contributed by atoms with Crippen molar-refractivity contribution in [2.45, 2.75) is 133 Å². The first kappa shape index (κ1) is 34.4. The van der Waals surface area contributed by atoms with Crippen LogP contribution in [0, 0.1) is 53.4 Å². The molecule has 0 aliphatic carbocycles. The summed E-state index contributed by atoms with van der Waals surface area (Å²) in [6, 6.07) is 8.03. The van der Waals surface area contributed by atoms with Gasteiger partial charge in [-0.15, -0.1) is 22.7 Å². The molecule has 0 saturated heterocycles. The second kappa shape index (κ2) is 13.8. The summed E-state index contributed by atoms with van der Waals surface area (Å²) < 4.78 is 0. The van der Waals surface area contributed by atoms with Crippen LogP contribution in [0.25, 0.3) is 42.3 Å². The van der Waals surface area contributed by atoms with Crippen LogP contribution in [0.15, 0.2) is 12.1 Å². The maximum Gasteiger partial charge on any atom is 0.122 e. The normalized spacial score (nSPS) is 17.1. The van der Waals surface area contributed by atoms with Gasteiger partial charge in [-0.05, 0) is 88.0 Å². The highest BCUT2D eigenvalue weighted by Crippen LogP contribution is 2.49. The van der Waals surface area contributed by atoms with Crippen LogP contribution in [0.3, 0.4) is 0 Å². The minimum Gasteiger partial charge on any atom is -0.249 e. The fraction of sp³-hybridized carbons (Fsp3) is 0.550. The third-order valence-corrected chi connectivity index (χ3v) is 19.4. The van der Waals surface area contributed by atoms with E-state index in [1.165, 1.54) is 73.2 Å². The van der Waals surface area contributed by atoms with E-state index in [4.69, 9.17) is 19.9 Å². The van der Waals surface area contributed by atoms with E-state index in [0.29, 0.717) is 0 Å². The van der Waals surface area contributed by atoms with E-state index in [-0.39, 0.29) is 0 Å². The maximum absolute atomic E-state index is 5.26. The van der Waals surface area contributed by atoms with Gasteiger partial charge in [0.15, 0.2) is 0 Å². The minimum absolute atomic E-state index is 0.779. The van der Waals surface area contributed by atoms with Crippen LogP contribution in [0.5, 0.6) is 0 Å². The maximum atomic E-state index is 5.26. The molecular weight excluding hydrogens is 629 g/mol. The Hall–Kier alpha value is -2.48. The van der Waals surface area contributed by atoms with E-state index in [2.05, 4.69) is 81.4 Å². The van der Waals surface area contributed by atoms with E-state index in [0.717, 1.165) is 67.8 Å². The lowest BCUT2D eigenvalue weighted by atomic mass is 10.0. The molecule has 0 spiro atoms. The molecule has 2 unspecified atom stereocenters. The Balaban J connectivity index is 1.65. The van der Waals surface area contributed by atoms with Gasteiger partial charge in [0, 0.05) is 30.6 Å². The summed E-state index contributed by atoms with van der Waals surface area (Å²) >= 11 is 4.05. The largest absolute Gasteiger partial charge is 0.249 e. The van der Waals surface area contributed by atoms with Gasteiger partial charge in [-0.25, -0.2) is 19.9 Å². The number of hydrogen-bond donors (Lipinski definition) is 0. The first-order chi connectivity index (χ1) is 22.6. The summed E-state index contributed by atoms with van der Waals surface area (Å²) in [4.78, 5) is 26.7. The molecule has 6 rings (SSSR count). The van der Waals surface area contributed by atoms with Crippen molar-refractivity contribution in [1.82, 2.24) is 19.9 Å². The molecule has 0 fully saturated rings. The fourth-order valence-corrected chi connectivity index (χ4v) is 18.5. The molecule has 4 aromatic heterocycles. The molecular formula is C40H54N4S2Si. The van der Waals surface area contributed by atoms with Crippen LogP contribution in [-0.4, -0.2) is 28.0 Å². The number of fused-ring (bicyclic) bond motifs is 5. The average molecular weight is 683 g/mol. The zero-order valence-corrected chi connectivity index (χ0v) is 33.1. The van der Waals surface area contributed by atoms with E-state index < -0.39 is 8.07 Å². The van der Waals surface area contributed by atoms with E-state index in [9.17, 15) is 0 Å².